The lowest BCUT2D eigenvalue weighted by atomic mass is 10.1. The van der Waals surface area contributed by atoms with Crippen LogP contribution < -0.4 is 11.1 Å². The number of morpholine rings is 1. The zero-order chi connectivity index (χ0) is 16.8. The van der Waals surface area contributed by atoms with Gasteiger partial charge < -0.3 is 15.8 Å². The summed E-state index contributed by atoms with van der Waals surface area (Å²) in [5.41, 5.74) is 9.30. The van der Waals surface area contributed by atoms with E-state index in [0.29, 0.717) is 17.8 Å². The Morgan fingerprint density at radius 3 is 2.42 bits per heavy atom. The van der Waals surface area contributed by atoms with E-state index in [4.69, 9.17) is 10.5 Å². The summed E-state index contributed by atoms with van der Waals surface area (Å²) in [7, 11) is 0. The van der Waals surface area contributed by atoms with Gasteiger partial charge in [-0.15, -0.1) is 24.8 Å². The Morgan fingerprint density at radius 1 is 1.04 bits per heavy atom. The second kappa shape index (κ2) is 11.0. The molecule has 1 saturated heterocycles. The first-order chi connectivity index (χ1) is 11.7. The van der Waals surface area contributed by atoms with E-state index >= 15 is 0 Å². The molecular formula is C19H25Cl2N3O2. The first-order valence-electron chi connectivity index (χ1n) is 8.23. The van der Waals surface area contributed by atoms with Crippen LogP contribution in [0.4, 0.5) is 5.69 Å². The minimum absolute atomic E-state index is 0. The summed E-state index contributed by atoms with van der Waals surface area (Å²) in [6.45, 7) is 4.86. The molecule has 1 aliphatic heterocycles. The maximum absolute atomic E-state index is 12.3. The van der Waals surface area contributed by atoms with E-state index in [2.05, 4.69) is 22.3 Å². The fraction of sp³-hybridized carbons (Fsp3) is 0.316. The van der Waals surface area contributed by atoms with Gasteiger partial charge >= 0.3 is 0 Å². The molecule has 0 unspecified atom stereocenters. The number of halogens is 2. The van der Waals surface area contributed by atoms with Crippen molar-refractivity contribution in [3.63, 3.8) is 0 Å². The summed E-state index contributed by atoms with van der Waals surface area (Å²) >= 11 is 0. The summed E-state index contributed by atoms with van der Waals surface area (Å²) in [4.78, 5) is 14.7. The lowest BCUT2D eigenvalue weighted by Crippen LogP contribution is -2.36. The van der Waals surface area contributed by atoms with Crippen molar-refractivity contribution in [1.82, 2.24) is 10.2 Å². The molecule has 1 amide bonds. The maximum Gasteiger partial charge on any atom is 0.251 e. The number of nitrogen functional groups attached to an aromatic ring is 1. The first-order valence-corrected chi connectivity index (χ1v) is 8.23. The summed E-state index contributed by atoms with van der Waals surface area (Å²) in [6.07, 6.45) is 0. The topological polar surface area (TPSA) is 67.6 Å². The quantitative estimate of drug-likeness (QED) is 0.761. The van der Waals surface area contributed by atoms with E-state index in [0.717, 1.165) is 38.4 Å². The van der Waals surface area contributed by atoms with Gasteiger partial charge in [0.2, 0.25) is 0 Å². The van der Waals surface area contributed by atoms with Crippen molar-refractivity contribution in [2.75, 3.05) is 32.0 Å². The highest BCUT2D eigenvalue weighted by molar-refractivity contribution is 5.94. The number of benzene rings is 2. The van der Waals surface area contributed by atoms with Crippen LogP contribution in [0.3, 0.4) is 0 Å². The van der Waals surface area contributed by atoms with Crippen LogP contribution in [0.15, 0.2) is 48.5 Å². The van der Waals surface area contributed by atoms with Crippen LogP contribution in [0.25, 0.3) is 0 Å². The van der Waals surface area contributed by atoms with Crippen LogP contribution in [0.5, 0.6) is 0 Å². The van der Waals surface area contributed by atoms with E-state index < -0.39 is 0 Å². The monoisotopic (exact) mass is 397 g/mol. The predicted octanol–water partition coefficient (Wildman–Crippen LogP) is 2.87. The molecule has 1 fully saturated rings. The third-order valence-electron chi connectivity index (χ3n) is 4.20. The van der Waals surface area contributed by atoms with Crippen molar-refractivity contribution < 1.29 is 9.53 Å². The van der Waals surface area contributed by atoms with E-state index in [1.165, 1.54) is 5.56 Å². The third-order valence-corrected chi connectivity index (χ3v) is 4.20. The smallest absolute Gasteiger partial charge is 0.251 e. The number of ether oxygens (including phenoxy) is 1. The first kappa shape index (κ1) is 22.3. The molecule has 0 saturated carbocycles. The number of nitrogens with zero attached hydrogens (tertiary/aromatic N) is 1. The standard InChI is InChI=1S/C19H23N3O2.2ClH/c20-18-7-3-6-15(12-18)19(23)21-13-16-4-1-2-5-17(16)14-22-8-10-24-11-9-22;;/h1-7,12H,8-11,13-14,20H2,(H,21,23);2*1H. The van der Waals surface area contributed by atoms with Gasteiger partial charge in [-0.1, -0.05) is 30.3 Å². The van der Waals surface area contributed by atoms with Crippen LogP contribution in [0.2, 0.25) is 0 Å². The molecule has 0 aliphatic carbocycles. The molecule has 1 heterocycles. The van der Waals surface area contributed by atoms with Gasteiger partial charge in [0.1, 0.15) is 0 Å². The molecule has 0 aromatic heterocycles. The Morgan fingerprint density at radius 2 is 1.73 bits per heavy atom. The third kappa shape index (κ3) is 6.18. The Bertz CT molecular complexity index is 707. The fourth-order valence-corrected chi connectivity index (χ4v) is 2.84. The highest BCUT2D eigenvalue weighted by Crippen LogP contribution is 2.13. The number of hydrogen-bond donors (Lipinski definition) is 2. The molecule has 0 bridgehead atoms. The molecule has 3 rings (SSSR count). The number of nitrogens with two attached hydrogens (primary N) is 1. The van der Waals surface area contributed by atoms with Gasteiger partial charge in [0.25, 0.3) is 5.91 Å². The van der Waals surface area contributed by atoms with Crippen molar-refractivity contribution in [1.29, 1.82) is 0 Å². The van der Waals surface area contributed by atoms with Crippen LogP contribution >= 0.6 is 24.8 Å². The molecule has 7 heteroatoms. The van der Waals surface area contributed by atoms with E-state index in [9.17, 15) is 4.79 Å². The summed E-state index contributed by atoms with van der Waals surface area (Å²) in [6, 6.07) is 15.3. The Labute approximate surface area is 166 Å². The van der Waals surface area contributed by atoms with Crippen LogP contribution in [-0.2, 0) is 17.8 Å². The average molecular weight is 398 g/mol. The van der Waals surface area contributed by atoms with Gasteiger partial charge in [-0.3, -0.25) is 9.69 Å². The largest absolute Gasteiger partial charge is 0.399 e. The van der Waals surface area contributed by atoms with Gasteiger partial charge in [0.05, 0.1) is 13.2 Å². The molecule has 2 aromatic rings. The van der Waals surface area contributed by atoms with E-state index in [1.54, 1.807) is 24.3 Å². The van der Waals surface area contributed by atoms with Crippen LogP contribution in [-0.4, -0.2) is 37.1 Å². The molecule has 26 heavy (non-hydrogen) atoms. The molecule has 2 aromatic carbocycles. The molecule has 5 nitrogen and oxygen atoms in total. The Hall–Kier alpha value is -1.79. The second-order valence-electron chi connectivity index (χ2n) is 5.97. The zero-order valence-electron chi connectivity index (χ0n) is 14.5. The van der Waals surface area contributed by atoms with Gasteiger partial charge in [-0.2, -0.15) is 0 Å². The van der Waals surface area contributed by atoms with Crippen LogP contribution in [0, 0.1) is 0 Å². The molecule has 0 atom stereocenters. The predicted molar refractivity (Wildman–Crippen MR) is 109 cm³/mol. The van der Waals surface area contributed by atoms with E-state index in [1.807, 2.05) is 12.1 Å². The molecule has 1 aliphatic rings. The van der Waals surface area contributed by atoms with Crippen LogP contribution in [0.1, 0.15) is 21.5 Å². The van der Waals surface area contributed by atoms with Gasteiger partial charge in [0, 0.05) is 37.4 Å². The number of carbonyl (C=O) groups is 1. The second-order valence-corrected chi connectivity index (χ2v) is 5.97. The number of anilines is 1. The lowest BCUT2D eigenvalue weighted by molar-refractivity contribution is 0.0340. The highest BCUT2D eigenvalue weighted by Gasteiger charge is 2.13. The van der Waals surface area contributed by atoms with Crippen molar-refractivity contribution in [2.24, 2.45) is 0 Å². The van der Waals surface area contributed by atoms with Crippen molar-refractivity contribution in [3.8, 4) is 0 Å². The van der Waals surface area contributed by atoms with Crippen molar-refractivity contribution in [3.05, 3.63) is 65.2 Å². The van der Waals surface area contributed by atoms with Gasteiger partial charge in [0.15, 0.2) is 0 Å². The minimum Gasteiger partial charge on any atom is -0.399 e. The average Bonchev–Trinajstić information content (AvgIpc) is 2.61. The Balaban J connectivity index is 0.00000169. The number of hydrogen-bond acceptors (Lipinski definition) is 4. The van der Waals surface area contributed by atoms with Gasteiger partial charge in [-0.05, 0) is 29.3 Å². The SMILES string of the molecule is Cl.Cl.Nc1cccc(C(=O)NCc2ccccc2CN2CCOCC2)c1. The molecule has 3 N–H and O–H groups in total. The number of amides is 1. The summed E-state index contributed by atoms with van der Waals surface area (Å²) in [5.74, 6) is -0.108. The number of nitrogens with one attached hydrogen (secondary N) is 1. The zero-order valence-corrected chi connectivity index (χ0v) is 16.2. The molecule has 142 valence electrons. The lowest BCUT2D eigenvalue weighted by Gasteiger charge is -2.27. The normalized spacial score (nSPS) is 14.0. The summed E-state index contributed by atoms with van der Waals surface area (Å²) < 4.78 is 5.40. The minimum atomic E-state index is -0.108. The number of rotatable bonds is 5. The van der Waals surface area contributed by atoms with E-state index in [-0.39, 0.29) is 30.7 Å². The highest BCUT2D eigenvalue weighted by atomic mass is 35.5. The van der Waals surface area contributed by atoms with Gasteiger partial charge in [-0.25, -0.2) is 0 Å². The summed E-state index contributed by atoms with van der Waals surface area (Å²) in [5, 5.41) is 2.98. The fourth-order valence-electron chi connectivity index (χ4n) is 2.84. The Kier molecular flexibility index (Phi) is 9.44. The van der Waals surface area contributed by atoms with Crippen molar-refractivity contribution >= 4 is 36.4 Å². The molecule has 0 spiro atoms. The molecule has 0 radical (unpaired) electrons. The number of carbonyl (C=O) groups excluding carboxylic acids is 1. The van der Waals surface area contributed by atoms with Crippen molar-refractivity contribution in [2.45, 2.75) is 13.1 Å². The maximum atomic E-state index is 12.3. The molecular weight excluding hydrogens is 373 g/mol.